The van der Waals surface area contributed by atoms with Gasteiger partial charge in [0, 0.05) is 16.0 Å². The lowest BCUT2D eigenvalue weighted by Gasteiger charge is -2.15. The van der Waals surface area contributed by atoms with Crippen LogP contribution in [0.5, 0.6) is 0 Å². The first-order chi connectivity index (χ1) is 9.10. The van der Waals surface area contributed by atoms with Crippen LogP contribution in [-0.4, -0.2) is 11.7 Å². The second-order valence-electron chi connectivity index (χ2n) is 4.37. The van der Waals surface area contributed by atoms with Crippen molar-refractivity contribution in [1.29, 1.82) is 0 Å². The smallest absolute Gasteiger partial charge is 0.127 e. The number of aliphatic hydroxyl groups excluding tert-OH is 1. The van der Waals surface area contributed by atoms with Gasteiger partial charge in [-0.05, 0) is 41.8 Å². The highest BCUT2D eigenvalue weighted by molar-refractivity contribution is 6.30. The van der Waals surface area contributed by atoms with E-state index in [0.29, 0.717) is 22.0 Å². The Balaban J connectivity index is 2.24. The molecular formula is C15H13Cl2FO. The van der Waals surface area contributed by atoms with Crippen LogP contribution >= 0.6 is 23.2 Å². The maximum absolute atomic E-state index is 13.7. The molecule has 2 aromatic rings. The van der Waals surface area contributed by atoms with Crippen molar-refractivity contribution in [3.63, 3.8) is 0 Å². The second kappa shape index (κ2) is 6.38. The van der Waals surface area contributed by atoms with Crippen molar-refractivity contribution in [1.82, 2.24) is 0 Å². The zero-order valence-corrected chi connectivity index (χ0v) is 11.6. The molecular weight excluding hydrogens is 286 g/mol. The monoisotopic (exact) mass is 298 g/mol. The van der Waals surface area contributed by atoms with E-state index >= 15 is 0 Å². The van der Waals surface area contributed by atoms with Crippen LogP contribution in [0.1, 0.15) is 17.0 Å². The first-order valence-corrected chi connectivity index (χ1v) is 6.66. The maximum atomic E-state index is 13.7. The zero-order valence-electron chi connectivity index (χ0n) is 10.1. The lowest BCUT2D eigenvalue weighted by molar-refractivity contribution is 0.263. The van der Waals surface area contributed by atoms with E-state index in [1.54, 1.807) is 24.3 Å². The molecule has 0 heterocycles. The standard InChI is InChI=1S/C15H13Cl2FO/c16-13-3-1-2-10(7-13)12(9-19)6-11-4-5-14(17)8-15(11)18/h1-5,7-8,12,19H,6,9H2. The summed E-state index contributed by atoms with van der Waals surface area (Å²) in [4.78, 5) is 0. The largest absolute Gasteiger partial charge is 0.396 e. The Labute approximate surface area is 121 Å². The van der Waals surface area contributed by atoms with E-state index < -0.39 is 0 Å². The van der Waals surface area contributed by atoms with E-state index in [4.69, 9.17) is 23.2 Å². The molecule has 1 nitrogen and oxygen atoms in total. The van der Waals surface area contributed by atoms with Crippen LogP contribution in [-0.2, 0) is 6.42 Å². The van der Waals surface area contributed by atoms with Crippen molar-refractivity contribution in [3.8, 4) is 0 Å². The van der Waals surface area contributed by atoms with Gasteiger partial charge < -0.3 is 5.11 Å². The van der Waals surface area contributed by atoms with Gasteiger partial charge in [0.05, 0.1) is 6.61 Å². The highest BCUT2D eigenvalue weighted by Gasteiger charge is 2.14. The Morgan fingerprint density at radius 1 is 1.05 bits per heavy atom. The molecule has 0 saturated carbocycles. The molecule has 0 saturated heterocycles. The van der Waals surface area contributed by atoms with Crippen LogP contribution in [0, 0.1) is 5.82 Å². The predicted molar refractivity (Wildman–Crippen MR) is 76.4 cm³/mol. The minimum Gasteiger partial charge on any atom is -0.396 e. The molecule has 0 aromatic heterocycles. The van der Waals surface area contributed by atoms with Crippen LogP contribution in [0.25, 0.3) is 0 Å². The fraction of sp³-hybridized carbons (Fsp3) is 0.200. The van der Waals surface area contributed by atoms with E-state index in [9.17, 15) is 9.50 Å². The minimum absolute atomic E-state index is 0.0671. The summed E-state index contributed by atoms with van der Waals surface area (Å²) in [7, 11) is 0. The lowest BCUT2D eigenvalue weighted by Crippen LogP contribution is -2.09. The van der Waals surface area contributed by atoms with Crippen LogP contribution in [0.3, 0.4) is 0 Å². The second-order valence-corrected chi connectivity index (χ2v) is 5.25. The van der Waals surface area contributed by atoms with E-state index in [2.05, 4.69) is 0 Å². The number of benzene rings is 2. The van der Waals surface area contributed by atoms with Crippen molar-refractivity contribution < 1.29 is 9.50 Å². The molecule has 0 amide bonds. The van der Waals surface area contributed by atoms with Crippen molar-refractivity contribution in [2.24, 2.45) is 0 Å². The van der Waals surface area contributed by atoms with Gasteiger partial charge in [0.2, 0.25) is 0 Å². The molecule has 0 fully saturated rings. The van der Waals surface area contributed by atoms with Gasteiger partial charge in [-0.2, -0.15) is 0 Å². The SMILES string of the molecule is OCC(Cc1ccc(Cl)cc1F)c1cccc(Cl)c1. The molecule has 0 aliphatic heterocycles. The molecule has 0 aliphatic carbocycles. The van der Waals surface area contributed by atoms with Crippen LogP contribution < -0.4 is 0 Å². The first kappa shape index (κ1) is 14.3. The zero-order chi connectivity index (χ0) is 13.8. The highest BCUT2D eigenvalue weighted by Crippen LogP contribution is 2.25. The molecule has 0 aliphatic rings. The van der Waals surface area contributed by atoms with E-state index in [1.165, 1.54) is 6.07 Å². The van der Waals surface area contributed by atoms with Crippen LogP contribution in [0.15, 0.2) is 42.5 Å². The number of aliphatic hydroxyl groups is 1. The van der Waals surface area contributed by atoms with Gasteiger partial charge in [0.25, 0.3) is 0 Å². The van der Waals surface area contributed by atoms with E-state index in [0.717, 1.165) is 5.56 Å². The van der Waals surface area contributed by atoms with Crippen molar-refractivity contribution in [3.05, 3.63) is 69.5 Å². The third-order valence-electron chi connectivity index (χ3n) is 3.02. The fourth-order valence-corrected chi connectivity index (χ4v) is 2.36. The fourth-order valence-electron chi connectivity index (χ4n) is 2.00. The van der Waals surface area contributed by atoms with Gasteiger partial charge >= 0.3 is 0 Å². The maximum Gasteiger partial charge on any atom is 0.127 e. The summed E-state index contributed by atoms with van der Waals surface area (Å²) in [5.74, 6) is -0.539. The summed E-state index contributed by atoms with van der Waals surface area (Å²) < 4.78 is 13.7. The van der Waals surface area contributed by atoms with E-state index in [1.807, 2.05) is 12.1 Å². The molecule has 1 unspecified atom stereocenters. The number of hydrogen-bond acceptors (Lipinski definition) is 1. The Bertz CT molecular complexity index is 572. The van der Waals surface area contributed by atoms with Gasteiger partial charge in [-0.25, -0.2) is 4.39 Å². The van der Waals surface area contributed by atoms with Gasteiger partial charge in [-0.1, -0.05) is 41.4 Å². The normalized spacial score (nSPS) is 12.4. The molecule has 1 N–H and O–H groups in total. The predicted octanol–water partition coefficient (Wildman–Crippen LogP) is 4.45. The number of hydrogen-bond donors (Lipinski definition) is 1. The molecule has 100 valence electrons. The van der Waals surface area contributed by atoms with Gasteiger partial charge in [-0.3, -0.25) is 0 Å². The average Bonchev–Trinajstić information content (AvgIpc) is 2.38. The summed E-state index contributed by atoms with van der Waals surface area (Å²) in [5, 5.41) is 10.5. The third-order valence-corrected chi connectivity index (χ3v) is 3.49. The molecule has 4 heteroatoms. The Kier molecular flexibility index (Phi) is 4.81. The molecule has 0 bridgehead atoms. The number of rotatable bonds is 4. The summed E-state index contributed by atoms with van der Waals surface area (Å²) in [6.07, 6.45) is 0.403. The average molecular weight is 299 g/mol. The quantitative estimate of drug-likeness (QED) is 0.884. The molecule has 2 aromatic carbocycles. The lowest BCUT2D eigenvalue weighted by atomic mass is 9.92. The van der Waals surface area contributed by atoms with Gasteiger partial charge in [0.15, 0.2) is 0 Å². The number of halogens is 3. The van der Waals surface area contributed by atoms with Gasteiger partial charge in [-0.15, -0.1) is 0 Å². The molecule has 19 heavy (non-hydrogen) atoms. The Hall–Kier alpha value is -1.09. The Morgan fingerprint density at radius 2 is 1.79 bits per heavy atom. The molecule has 0 radical (unpaired) electrons. The molecule has 0 spiro atoms. The topological polar surface area (TPSA) is 20.2 Å². The summed E-state index contributed by atoms with van der Waals surface area (Å²) in [5.41, 5.74) is 1.42. The van der Waals surface area contributed by atoms with Crippen molar-refractivity contribution in [2.75, 3.05) is 6.61 Å². The van der Waals surface area contributed by atoms with Crippen molar-refractivity contribution in [2.45, 2.75) is 12.3 Å². The highest BCUT2D eigenvalue weighted by atomic mass is 35.5. The Morgan fingerprint density at radius 3 is 2.42 bits per heavy atom. The third kappa shape index (κ3) is 3.69. The first-order valence-electron chi connectivity index (χ1n) is 5.90. The van der Waals surface area contributed by atoms with Gasteiger partial charge in [0.1, 0.15) is 5.82 Å². The molecule has 2 rings (SSSR count). The van der Waals surface area contributed by atoms with E-state index in [-0.39, 0.29) is 18.3 Å². The summed E-state index contributed by atoms with van der Waals surface area (Å²) in [6.45, 7) is -0.0671. The minimum atomic E-state index is -0.354. The van der Waals surface area contributed by atoms with Crippen molar-refractivity contribution >= 4 is 23.2 Å². The summed E-state index contributed by atoms with van der Waals surface area (Å²) >= 11 is 11.6. The molecule has 1 atom stereocenters. The van der Waals surface area contributed by atoms with Crippen LogP contribution in [0.2, 0.25) is 10.0 Å². The summed E-state index contributed by atoms with van der Waals surface area (Å²) in [6, 6.07) is 11.8. The van der Waals surface area contributed by atoms with Crippen LogP contribution in [0.4, 0.5) is 4.39 Å².